The van der Waals surface area contributed by atoms with E-state index in [9.17, 15) is 9.65 Å². The monoisotopic (exact) mass is 346 g/mol. The van der Waals surface area contributed by atoms with Crippen LogP contribution in [0.1, 0.15) is 11.4 Å². The second-order valence-corrected chi connectivity index (χ2v) is 5.49. The summed E-state index contributed by atoms with van der Waals surface area (Å²) < 4.78 is 20.4. The number of halogens is 1. The number of pyridine rings is 1. The Bertz CT molecular complexity index is 1160. The molecule has 4 aromatic rings. The van der Waals surface area contributed by atoms with Crippen LogP contribution >= 0.6 is 0 Å². The fourth-order valence-corrected chi connectivity index (χ4v) is 2.68. The summed E-state index contributed by atoms with van der Waals surface area (Å²) in [6, 6.07) is 8.11. The van der Waals surface area contributed by atoms with Gasteiger partial charge in [-0.1, -0.05) is 0 Å². The molecule has 0 saturated carbocycles. The van der Waals surface area contributed by atoms with Crippen molar-refractivity contribution in [2.75, 3.05) is 0 Å². The Morgan fingerprint density at radius 1 is 1.19 bits per heavy atom. The highest BCUT2D eigenvalue weighted by Gasteiger charge is 2.16. The maximum absolute atomic E-state index is 14.7. The maximum atomic E-state index is 14.7. The van der Waals surface area contributed by atoms with Gasteiger partial charge in [0.25, 0.3) is 0 Å². The number of nitriles is 1. The lowest BCUT2D eigenvalue weighted by Gasteiger charge is -2.10. The van der Waals surface area contributed by atoms with Gasteiger partial charge in [-0.2, -0.15) is 10.4 Å². The van der Waals surface area contributed by atoms with Crippen LogP contribution in [0.15, 0.2) is 43.0 Å². The van der Waals surface area contributed by atoms with Gasteiger partial charge in [0.1, 0.15) is 24.0 Å². The summed E-state index contributed by atoms with van der Waals surface area (Å²) in [6.45, 7) is 1.70. The van der Waals surface area contributed by atoms with Gasteiger partial charge in [-0.3, -0.25) is 5.10 Å². The second kappa shape index (κ2) is 6.22. The minimum atomic E-state index is -0.545. The molecule has 126 valence electrons. The zero-order valence-corrected chi connectivity index (χ0v) is 13.6. The molecule has 0 amide bonds. The van der Waals surface area contributed by atoms with Crippen molar-refractivity contribution in [2.24, 2.45) is 0 Å². The molecular weight excluding hydrogens is 335 g/mol. The Morgan fingerprint density at radius 2 is 2.08 bits per heavy atom. The standard InChI is InChI=1S/C18H11FN6O/c1-10-17(16(7-20)23-9-22-10)12-3-2-11(6-14(12)19)26-18-13-8-24-25-15(13)4-5-21-18/h2-6,8-9H,1H3,(H,24,25). The van der Waals surface area contributed by atoms with E-state index in [0.717, 1.165) is 5.52 Å². The number of aryl methyl sites for hydroxylation is 1. The Balaban J connectivity index is 1.74. The van der Waals surface area contributed by atoms with Crippen molar-refractivity contribution in [3.8, 4) is 28.8 Å². The van der Waals surface area contributed by atoms with Crippen LogP contribution in [-0.2, 0) is 0 Å². The summed E-state index contributed by atoms with van der Waals surface area (Å²) in [4.78, 5) is 12.1. The van der Waals surface area contributed by atoms with Crippen molar-refractivity contribution in [1.82, 2.24) is 25.1 Å². The molecule has 4 rings (SSSR count). The Hall–Kier alpha value is -3.86. The summed E-state index contributed by atoms with van der Waals surface area (Å²) in [5, 5.41) is 16.7. The smallest absolute Gasteiger partial charge is 0.230 e. The summed E-state index contributed by atoms with van der Waals surface area (Å²) in [5.41, 5.74) is 2.02. The number of nitrogens with one attached hydrogen (secondary N) is 1. The molecule has 0 bridgehead atoms. The van der Waals surface area contributed by atoms with Crippen LogP contribution in [0.25, 0.3) is 22.0 Å². The first-order valence-electron chi connectivity index (χ1n) is 7.65. The largest absolute Gasteiger partial charge is 0.438 e. The molecule has 1 aromatic carbocycles. The molecule has 0 aliphatic rings. The highest BCUT2D eigenvalue weighted by atomic mass is 19.1. The van der Waals surface area contributed by atoms with Gasteiger partial charge in [-0.05, 0) is 25.1 Å². The normalized spacial score (nSPS) is 10.7. The van der Waals surface area contributed by atoms with Crippen LogP contribution in [0.5, 0.6) is 11.6 Å². The van der Waals surface area contributed by atoms with E-state index in [4.69, 9.17) is 4.74 Å². The number of rotatable bonds is 3. The molecule has 0 fully saturated rings. The number of hydrogen-bond acceptors (Lipinski definition) is 6. The molecule has 0 aliphatic carbocycles. The average Bonchev–Trinajstić information content (AvgIpc) is 3.12. The molecular formula is C18H11FN6O. The average molecular weight is 346 g/mol. The van der Waals surface area contributed by atoms with Gasteiger partial charge in [0.15, 0.2) is 5.69 Å². The number of fused-ring (bicyclic) bond motifs is 1. The zero-order chi connectivity index (χ0) is 18.1. The SMILES string of the molecule is Cc1ncnc(C#N)c1-c1ccc(Oc2nccc3[nH]ncc23)cc1F. The number of nitrogens with zero attached hydrogens (tertiary/aromatic N) is 5. The fourth-order valence-electron chi connectivity index (χ4n) is 2.68. The number of ether oxygens (including phenoxy) is 1. The third-order valence-corrected chi connectivity index (χ3v) is 3.90. The first-order chi connectivity index (χ1) is 12.7. The maximum Gasteiger partial charge on any atom is 0.230 e. The zero-order valence-electron chi connectivity index (χ0n) is 13.6. The Morgan fingerprint density at radius 3 is 2.88 bits per heavy atom. The summed E-state index contributed by atoms with van der Waals surface area (Å²) in [6.07, 6.45) is 4.45. The molecule has 7 nitrogen and oxygen atoms in total. The lowest BCUT2D eigenvalue weighted by molar-refractivity contribution is 0.464. The second-order valence-electron chi connectivity index (χ2n) is 5.49. The van der Waals surface area contributed by atoms with Crippen LogP contribution in [-0.4, -0.2) is 25.1 Å². The van der Waals surface area contributed by atoms with Crippen molar-refractivity contribution in [1.29, 1.82) is 5.26 Å². The molecule has 1 N–H and O–H groups in total. The highest BCUT2D eigenvalue weighted by Crippen LogP contribution is 2.32. The summed E-state index contributed by atoms with van der Waals surface area (Å²) >= 11 is 0. The van der Waals surface area contributed by atoms with Crippen LogP contribution in [0, 0.1) is 24.1 Å². The highest BCUT2D eigenvalue weighted by molar-refractivity contribution is 5.82. The van der Waals surface area contributed by atoms with Gasteiger partial charge >= 0.3 is 0 Å². The van der Waals surface area contributed by atoms with Crippen LogP contribution in [0.4, 0.5) is 4.39 Å². The lowest BCUT2D eigenvalue weighted by Crippen LogP contribution is -1.98. The predicted octanol–water partition coefficient (Wildman–Crippen LogP) is 3.53. The van der Waals surface area contributed by atoms with E-state index >= 15 is 0 Å². The van der Waals surface area contributed by atoms with Crippen LogP contribution in [0.3, 0.4) is 0 Å². The summed E-state index contributed by atoms with van der Waals surface area (Å²) in [7, 11) is 0. The molecule has 8 heteroatoms. The molecule has 0 spiro atoms. The number of hydrogen-bond donors (Lipinski definition) is 1. The van der Waals surface area contributed by atoms with Gasteiger partial charge in [-0.15, -0.1) is 0 Å². The molecule has 26 heavy (non-hydrogen) atoms. The fraction of sp³-hybridized carbons (Fsp3) is 0.0556. The van der Waals surface area contributed by atoms with Gasteiger partial charge < -0.3 is 4.74 Å². The third-order valence-electron chi connectivity index (χ3n) is 3.90. The van der Waals surface area contributed by atoms with E-state index < -0.39 is 5.82 Å². The van der Waals surface area contributed by atoms with Gasteiger partial charge in [0, 0.05) is 29.1 Å². The Kier molecular flexibility index (Phi) is 3.74. The number of aromatic amines is 1. The molecule has 3 heterocycles. The number of H-pyrrole nitrogens is 1. The lowest BCUT2D eigenvalue weighted by atomic mass is 10.0. The van der Waals surface area contributed by atoms with Crippen molar-refractivity contribution < 1.29 is 9.13 Å². The van der Waals surface area contributed by atoms with Crippen molar-refractivity contribution in [3.05, 3.63) is 60.2 Å². The van der Waals surface area contributed by atoms with E-state index in [1.807, 2.05) is 6.07 Å². The van der Waals surface area contributed by atoms with Gasteiger partial charge in [0.05, 0.1) is 17.1 Å². The van der Waals surface area contributed by atoms with E-state index in [2.05, 4.69) is 25.1 Å². The van der Waals surface area contributed by atoms with Crippen molar-refractivity contribution >= 4 is 10.9 Å². The topological polar surface area (TPSA) is 100 Å². The predicted molar refractivity (Wildman–Crippen MR) is 90.8 cm³/mol. The molecule has 3 aromatic heterocycles. The van der Waals surface area contributed by atoms with E-state index in [1.165, 1.54) is 18.5 Å². The Labute approximate surface area is 147 Å². The van der Waals surface area contributed by atoms with E-state index in [-0.39, 0.29) is 17.0 Å². The molecule has 0 saturated heterocycles. The van der Waals surface area contributed by atoms with E-state index in [0.29, 0.717) is 22.5 Å². The minimum absolute atomic E-state index is 0.120. The third kappa shape index (κ3) is 2.61. The molecule has 0 unspecified atom stereocenters. The quantitative estimate of drug-likeness (QED) is 0.609. The van der Waals surface area contributed by atoms with Gasteiger partial charge in [-0.25, -0.2) is 19.3 Å². The van der Waals surface area contributed by atoms with Crippen LogP contribution in [0.2, 0.25) is 0 Å². The van der Waals surface area contributed by atoms with E-state index in [1.54, 1.807) is 31.5 Å². The van der Waals surface area contributed by atoms with Crippen molar-refractivity contribution in [3.63, 3.8) is 0 Å². The van der Waals surface area contributed by atoms with Gasteiger partial charge in [0.2, 0.25) is 5.88 Å². The summed E-state index contributed by atoms with van der Waals surface area (Å²) in [5.74, 6) is 0.0528. The number of aromatic nitrogens is 5. The minimum Gasteiger partial charge on any atom is -0.438 e. The molecule has 0 aliphatic heterocycles. The first-order valence-corrected chi connectivity index (χ1v) is 7.65. The van der Waals surface area contributed by atoms with Crippen LogP contribution < -0.4 is 4.74 Å². The van der Waals surface area contributed by atoms with Crippen molar-refractivity contribution in [2.45, 2.75) is 6.92 Å². The molecule has 0 atom stereocenters. The molecule has 0 radical (unpaired) electrons. The number of benzene rings is 1. The first kappa shape index (κ1) is 15.7.